The smallest absolute Gasteiger partial charge is 0.134 e. The van der Waals surface area contributed by atoms with E-state index in [4.69, 9.17) is 4.42 Å². The second-order valence-electron chi connectivity index (χ2n) is 6.99. The van der Waals surface area contributed by atoms with Gasteiger partial charge in [0.2, 0.25) is 0 Å². The Bertz CT molecular complexity index is 1070. The van der Waals surface area contributed by atoms with E-state index in [1.165, 1.54) is 16.7 Å². The number of furan rings is 1. The van der Waals surface area contributed by atoms with Crippen LogP contribution in [0, 0.1) is 0 Å². The Morgan fingerprint density at radius 3 is 2.92 bits per heavy atom. The lowest BCUT2D eigenvalue weighted by Crippen LogP contribution is -2.31. The molecule has 0 radical (unpaired) electrons. The van der Waals surface area contributed by atoms with Gasteiger partial charge >= 0.3 is 0 Å². The van der Waals surface area contributed by atoms with E-state index in [0.29, 0.717) is 5.92 Å². The van der Waals surface area contributed by atoms with Crippen LogP contribution in [0.4, 0.5) is 0 Å². The summed E-state index contributed by atoms with van der Waals surface area (Å²) in [6.07, 6.45) is 3.46. The zero-order valence-corrected chi connectivity index (χ0v) is 14.6. The van der Waals surface area contributed by atoms with Gasteiger partial charge in [-0.1, -0.05) is 24.3 Å². The van der Waals surface area contributed by atoms with Crippen LogP contribution in [0.5, 0.6) is 0 Å². The molecular formula is C22H19N3O. The van der Waals surface area contributed by atoms with Gasteiger partial charge in [0.1, 0.15) is 5.58 Å². The number of hydrogen-bond acceptors (Lipinski definition) is 4. The Labute approximate surface area is 152 Å². The third-order valence-electron chi connectivity index (χ3n) is 5.20. The van der Waals surface area contributed by atoms with Crippen molar-refractivity contribution < 1.29 is 4.42 Å². The Kier molecular flexibility index (Phi) is 3.57. The monoisotopic (exact) mass is 341 g/mol. The van der Waals surface area contributed by atoms with Gasteiger partial charge in [0, 0.05) is 36.2 Å². The Hall–Kier alpha value is -2.98. The molecule has 0 bridgehead atoms. The largest absolute Gasteiger partial charge is 0.464 e. The highest BCUT2D eigenvalue weighted by atomic mass is 16.3. The maximum Gasteiger partial charge on any atom is 0.134 e. The van der Waals surface area contributed by atoms with E-state index in [1.54, 1.807) is 12.5 Å². The first-order chi connectivity index (χ1) is 12.8. The molecule has 3 heterocycles. The van der Waals surface area contributed by atoms with Gasteiger partial charge in [-0.05, 0) is 54.1 Å². The second kappa shape index (κ2) is 6.07. The van der Waals surface area contributed by atoms with Gasteiger partial charge in [-0.25, -0.2) is 0 Å². The zero-order chi connectivity index (χ0) is 17.5. The van der Waals surface area contributed by atoms with Gasteiger partial charge in [0.05, 0.1) is 12.0 Å². The average molecular weight is 341 g/mol. The number of aromatic nitrogens is 2. The van der Waals surface area contributed by atoms with Crippen LogP contribution in [0.25, 0.3) is 22.2 Å². The molecule has 0 saturated heterocycles. The van der Waals surface area contributed by atoms with E-state index in [-0.39, 0.29) is 0 Å². The van der Waals surface area contributed by atoms with Gasteiger partial charge in [-0.2, -0.15) is 10.2 Å². The van der Waals surface area contributed by atoms with Gasteiger partial charge in [-0.15, -0.1) is 0 Å². The molecule has 1 aliphatic rings. The maximum absolute atomic E-state index is 5.61. The molecule has 1 atom stereocenters. The number of hydrogen-bond donors (Lipinski definition) is 0. The Balaban J connectivity index is 1.59. The summed E-state index contributed by atoms with van der Waals surface area (Å²) in [4.78, 5) is 2.37. The normalized spacial score (nSPS) is 17.3. The average Bonchev–Trinajstić information content (AvgIpc) is 3.15. The highest BCUT2D eigenvalue weighted by Crippen LogP contribution is 2.36. The lowest BCUT2D eigenvalue weighted by atomic mass is 9.83. The maximum atomic E-state index is 5.61. The van der Waals surface area contributed by atoms with E-state index < -0.39 is 0 Å². The highest BCUT2D eigenvalue weighted by Gasteiger charge is 2.25. The molecule has 26 heavy (non-hydrogen) atoms. The van der Waals surface area contributed by atoms with E-state index in [2.05, 4.69) is 58.5 Å². The molecule has 2 aromatic heterocycles. The number of likely N-dealkylation sites (N-methyl/N-ethyl adjacent to an activating group) is 1. The van der Waals surface area contributed by atoms with Crippen molar-refractivity contribution in [1.29, 1.82) is 0 Å². The first-order valence-corrected chi connectivity index (χ1v) is 8.84. The summed E-state index contributed by atoms with van der Waals surface area (Å²) in [7, 11) is 2.18. The molecule has 0 N–H and O–H groups in total. The molecule has 0 fully saturated rings. The second-order valence-corrected chi connectivity index (χ2v) is 6.99. The van der Waals surface area contributed by atoms with Crippen molar-refractivity contribution >= 4 is 11.0 Å². The summed E-state index contributed by atoms with van der Waals surface area (Å²) in [6.45, 7) is 1.95. The van der Waals surface area contributed by atoms with Gasteiger partial charge in [0.15, 0.2) is 0 Å². The fourth-order valence-electron chi connectivity index (χ4n) is 3.94. The highest BCUT2D eigenvalue weighted by molar-refractivity contribution is 5.78. The number of rotatable bonds is 2. The predicted octanol–water partition coefficient (Wildman–Crippen LogP) is 4.47. The van der Waals surface area contributed by atoms with Gasteiger partial charge in [-0.3, -0.25) is 0 Å². The molecule has 0 amide bonds. The lowest BCUT2D eigenvalue weighted by molar-refractivity contribution is 0.295. The quantitative estimate of drug-likeness (QED) is 0.539. The lowest BCUT2D eigenvalue weighted by Gasteiger charge is -2.33. The minimum atomic E-state index is 0.342. The molecule has 4 aromatic rings. The third-order valence-corrected chi connectivity index (χ3v) is 5.20. The molecule has 5 rings (SSSR count). The zero-order valence-electron chi connectivity index (χ0n) is 14.6. The standard InChI is InChI=1S/C22H19N3O/c1-25-13-18-11-17(21-3-2-9-23-24-21)6-7-19(18)20(14-25)16-5-4-15-8-10-26-22(15)12-16/h2-12,20H,13-14H2,1H3. The van der Waals surface area contributed by atoms with Crippen molar-refractivity contribution in [3.63, 3.8) is 0 Å². The summed E-state index contributed by atoms with van der Waals surface area (Å²) < 4.78 is 5.61. The van der Waals surface area contributed by atoms with Crippen LogP contribution in [-0.4, -0.2) is 28.7 Å². The Morgan fingerprint density at radius 2 is 2.04 bits per heavy atom. The molecule has 128 valence electrons. The van der Waals surface area contributed by atoms with Crippen LogP contribution in [0.2, 0.25) is 0 Å². The van der Waals surface area contributed by atoms with E-state index in [1.807, 2.05) is 18.2 Å². The molecule has 1 aliphatic heterocycles. The first kappa shape index (κ1) is 15.3. The number of nitrogens with zero attached hydrogens (tertiary/aromatic N) is 3. The molecular weight excluding hydrogens is 322 g/mol. The van der Waals surface area contributed by atoms with Crippen LogP contribution in [-0.2, 0) is 6.54 Å². The van der Waals surface area contributed by atoms with E-state index in [0.717, 1.165) is 35.3 Å². The van der Waals surface area contributed by atoms with Crippen LogP contribution in [0.15, 0.2) is 71.5 Å². The summed E-state index contributed by atoms with van der Waals surface area (Å²) >= 11 is 0. The van der Waals surface area contributed by atoms with Crippen LogP contribution < -0.4 is 0 Å². The molecule has 4 heteroatoms. The molecule has 1 unspecified atom stereocenters. The topological polar surface area (TPSA) is 42.2 Å². The number of benzene rings is 2. The third kappa shape index (κ3) is 2.59. The molecule has 4 nitrogen and oxygen atoms in total. The van der Waals surface area contributed by atoms with Crippen molar-refractivity contribution in [2.45, 2.75) is 12.5 Å². The van der Waals surface area contributed by atoms with Gasteiger partial charge in [0.25, 0.3) is 0 Å². The van der Waals surface area contributed by atoms with Crippen molar-refractivity contribution in [3.8, 4) is 11.3 Å². The number of fused-ring (bicyclic) bond motifs is 2. The van der Waals surface area contributed by atoms with Crippen LogP contribution in [0.1, 0.15) is 22.6 Å². The van der Waals surface area contributed by atoms with Crippen molar-refractivity contribution in [2.75, 3.05) is 13.6 Å². The first-order valence-electron chi connectivity index (χ1n) is 8.84. The molecule has 0 spiro atoms. The fraction of sp³-hybridized carbons (Fsp3) is 0.182. The summed E-state index contributed by atoms with van der Waals surface area (Å²) in [5.41, 5.74) is 7.03. The van der Waals surface area contributed by atoms with E-state index >= 15 is 0 Å². The van der Waals surface area contributed by atoms with E-state index in [9.17, 15) is 0 Å². The molecule has 0 aliphatic carbocycles. The van der Waals surface area contributed by atoms with Gasteiger partial charge < -0.3 is 9.32 Å². The van der Waals surface area contributed by atoms with Crippen LogP contribution in [0.3, 0.4) is 0 Å². The minimum absolute atomic E-state index is 0.342. The summed E-state index contributed by atoms with van der Waals surface area (Å²) in [5.74, 6) is 0.342. The van der Waals surface area contributed by atoms with Crippen molar-refractivity contribution in [2.24, 2.45) is 0 Å². The minimum Gasteiger partial charge on any atom is -0.464 e. The Morgan fingerprint density at radius 1 is 1.08 bits per heavy atom. The SMILES string of the molecule is CN1Cc2cc(-c3cccnn3)ccc2C(c2ccc3ccoc3c2)C1. The predicted molar refractivity (Wildman–Crippen MR) is 102 cm³/mol. The van der Waals surface area contributed by atoms with Crippen LogP contribution >= 0.6 is 0 Å². The summed E-state index contributed by atoms with van der Waals surface area (Å²) in [6, 6.07) is 19.2. The molecule has 0 saturated carbocycles. The molecule has 2 aromatic carbocycles. The fourth-order valence-corrected chi connectivity index (χ4v) is 3.94. The summed E-state index contributed by atoms with van der Waals surface area (Å²) in [5, 5.41) is 9.40. The van der Waals surface area contributed by atoms with Crippen molar-refractivity contribution in [3.05, 3.63) is 83.7 Å². The van der Waals surface area contributed by atoms with Crippen molar-refractivity contribution in [1.82, 2.24) is 15.1 Å².